The standard InChI is InChI=1S/C20H27N3O4S/c1-5-14-11-21-12-15-7-6-8-17(18(14)15)28(25,26)23-10-9-16(13-23)22-19(24)27-20(2,3)4/h6-8,11-12,16H,5,9-10,13H2,1-4H3,(H,22,24)/t16-/m0/s1. The minimum absolute atomic E-state index is 0.227. The van der Waals surface area contributed by atoms with E-state index in [2.05, 4.69) is 10.3 Å². The van der Waals surface area contributed by atoms with E-state index in [4.69, 9.17) is 4.74 Å². The van der Waals surface area contributed by atoms with Gasteiger partial charge in [-0.2, -0.15) is 4.31 Å². The maximum Gasteiger partial charge on any atom is 0.407 e. The Labute approximate surface area is 166 Å². The van der Waals surface area contributed by atoms with Gasteiger partial charge < -0.3 is 10.1 Å². The zero-order valence-corrected chi connectivity index (χ0v) is 17.5. The van der Waals surface area contributed by atoms with Crippen LogP contribution in [0.25, 0.3) is 10.8 Å². The van der Waals surface area contributed by atoms with Crippen LogP contribution in [0, 0.1) is 0 Å². The number of aryl methyl sites for hydroxylation is 1. The van der Waals surface area contributed by atoms with Crippen molar-refractivity contribution in [3.63, 3.8) is 0 Å². The first-order valence-corrected chi connectivity index (χ1v) is 10.9. The van der Waals surface area contributed by atoms with Gasteiger partial charge in [0.15, 0.2) is 0 Å². The number of ether oxygens (including phenoxy) is 1. The molecule has 2 heterocycles. The maximum atomic E-state index is 13.3. The van der Waals surface area contributed by atoms with Crippen LogP contribution < -0.4 is 5.32 Å². The highest BCUT2D eigenvalue weighted by molar-refractivity contribution is 7.89. The lowest BCUT2D eigenvalue weighted by molar-refractivity contribution is 0.0507. The van der Waals surface area contributed by atoms with Gasteiger partial charge in [-0.15, -0.1) is 0 Å². The van der Waals surface area contributed by atoms with Crippen molar-refractivity contribution in [2.24, 2.45) is 0 Å². The topological polar surface area (TPSA) is 88.6 Å². The summed E-state index contributed by atoms with van der Waals surface area (Å²) >= 11 is 0. The average Bonchev–Trinajstić information content (AvgIpc) is 3.08. The van der Waals surface area contributed by atoms with Crippen LogP contribution in [0.15, 0.2) is 35.5 Å². The van der Waals surface area contributed by atoms with Crippen LogP contribution in [0.1, 0.15) is 39.7 Å². The van der Waals surface area contributed by atoms with Crippen molar-refractivity contribution in [1.29, 1.82) is 0 Å². The van der Waals surface area contributed by atoms with Gasteiger partial charge >= 0.3 is 6.09 Å². The predicted molar refractivity (Wildman–Crippen MR) is 108 cm³/mol. The van der Waals surface area contributed by atoms with Gasteiger partial charge in [-0.3, -0.25) is 4.98 Å². The molecule has 1 aromatic carbocycles. The summed E-state index contributed by atoms with van der Waals surface area (Å²) in [5.74, 6) is 0. The van der Waals surface area contributed by atoms with Gasteiger partial charge in [0.05, 0.1) is 4.90 Å². The molecule has 1 aliphatic heterocycles. The zero-order valence-electron chi connectivity index (χ0n) is 16.7. The second-order valence-corrected chi connectivity index (χ2v) is 9.91. The molecule has 1 saturated heterocycles. The van der Waals surface area contributed by atoms with Crippen molar-refractivity contribution in [2.45, 2.75) is 57.1 Å². The van der Waals surface area contributed by atoms with Crippen LogP contribution in [0.2, 0.25) is 0 Å². The number of benzene rings is 1. The van der Waals surface area contributed by atoms with E-state index in [1.807, 2.05) is 13.0 Å². The molecule has 1 aliphatic rings. The highest BCUT2D eigenvalue weighted by atomic mass is 32.2. The molecule has 3 rings (SSSR count). The van der Waals surface area contributed by atoms with Gasteiger partial charge in [0.2, 0.25) is 10.0 Å². The number of pyridine rings is 1. The molecule has 1 atom stereocenters. The number of nitrogens with one attached hydrogen (secondary N) is 1. The van der Waals surface area contributed by atoms with E-state index in [-0.39, 0.29) is 12.6 Å². The van der Waals surface area contributed by atoms with E-state index in [0.29, 0.717) is 24.3 Å². The molecule has 28 heavy (non-hydrogen) atoms. The number of fused-ring (bicyclic) bond motifs is 1. The molecule has 0 bridgehead atoms. The molecule has 0 unspecified atom stereocenters. The molecule has 0 saturated carbocycles. The van der Waals surface area contributed by atoms with Crippen LogP contribution >= 0.6 is 0 Å². The van der Waals surface area contributed by atoms with Gasteiger partial charge in [-0.25, -0.2) is 13.2 Å². The van der Waals surface area contributed by atoms with E-state index >= 15 is 0 Å². The summed E-state index contributed by atoms with van der Waals surface area (Å²) in [6.07, 6.45) is 4.12. The molecule has 1 amide bonds. The molecular formula is C20H27N3O4S. The molecule has 0 radical (unpaired) electrons. The summed E-state index contributed by atoms with van der Waals surface area (Å²) < 4.78 is 33.4. The second kappa shape index (κ2) is 7.67. The number of carbonyl (C=O) groups is 1. The van der Waals surface area contributed by atoms with Gasteiger partial charge in [0.25, 0.3) is 0 Å². The number of sulfonamides is 1. The normalized spacial score (nSPS) is 18.4. The fourth-order valence-electron chi connectivity index (χ4n) is 3.43. The smallest absolute Gasteiger partial charge is 0.407 e. The molecule has 152 valence electrons. The first-order chi connectivity index (χ1) is 13.1. The highest BCUT2D eigenvalue weighted by Gasteiger charge is 2.35. The Balaban J connectivity index is 1.83. The van der Waals surface area contributed by atoms with Crippen molar-refractivity contribution < 1.29 is 17.9 Å². The third-order valence-electron chi connectivity index (χ3n) is 4.69. The van der Waals surface area contributed by atoms with Crippen molar-refractivity contribution in [1.82, 2.24) is 14.6 Å². The predicted octanol–water partition coefficient (Wildman–Crippen LogP) is 3.08. The summed E-state index contributed by atoms with van der Waals surface area (Å²) in [5.41, 5.74) is 0.307. The summed E-state index contributed by atoms with van der Waals surface area (Å²) in [6.45, 7) is 7.93. The number of nitrogens with zero attached hydrogens (tertiary/aromatic N) is 2. The molecule has 7 nitrogen and oxygen atoms in total. The molecule has 0 spiro atoms. The average molecular weight is 406 g/mol. The van der Waals surface area contributed by atoms with Crippen molar-refractivity contribution in [3.05, 3.63) is 36.2 Å². The van der Waals surface area contributed by atoms with Gasteiger partial charge in [-0.1, -0.05) is 19.1 Å². The van der Waals surface area contributed by atoms with E-state index in [1.54, 1.807) is 45.3 Å². The van der Waals surface area contributed by atoms with Crippen LogP contribution in [0.3, 0.4) is 0 Å². The number of rotatable bonds is 4. The van der Waals surface area contributed by atoms with Gasteiger partial charge in [0, 0.05) is 42.3 Å². The molecule has 0 aliphatic carbocycles. The van der Waals surface area contributed by atoms with Crippen LogP contribution in [-0.4, -0.2) is 48.5 Å². The van der Waals surface area contributed by atoms with E-state index < -0.39 is 21.7 Å². The summed E-state index contributed by atoms with van der Waals surface area (Å²) in [7, 11) is -3.69. The Bertz CT molecular complexity index is 977. The molecule has 1 N–H and O–H groups in total. The number of aromatic nitrogens is 1. The van der Waals surface area contributed by atoms with Crippen molar-refractivity contribution in [2.75, 3.05) is 13.1 Å². The fourth-order valence-corrected chi connectivity index (χ4v) is 5.19. The Morgan fingerprint density at radius 1 is 1.32 bits per heavy atom. The number of alkyl carbamates (subject to hydrolysis) is 1. The number of hydrogen-bond acceptors (Lipinski definition) is 5. The summed E-state index contributed by atoms with van der Waals surface area (Å²) in [6, 6.07) is 4.98. The lowest BCUT2D eigenvalue weighted by Crippen LogP contribution is -2.41. The van der Waals surface area contributed by atoms with Crippen molar-refractivity contribution in [3.8, 4) is 0 Å². The number of carbonyl (C=O) groups excluding carboxylic acids is 1. The molecule has 1 aromatic heterocycles. The monoisotopic (exact) mass is 405 g/mol. The summed E-state index contributed by atoms with van der Waals surface area (Å²) in [4.78, 5) is 16.5. The maximum absolute atomic E-state index is 13.3. The first-order valence-electron chi connectivity index (χ1n) is 9.47. The third kappa shape index (κ3) is 4.28. The van der Waals surface area contributed by atoms with Gasteiger partial charge in [-0.05, 0) is 45.2 Å². The van der Waals surface area contributed by atoms with Crippen LogP contribution in [0.5, 0.6) is 0 Å². The minimum atomic E-state index is -3.69. The highest BCUT2D eigenvalue weighted by Crippen LogP contribution is 2.30. The Hall–Kier alpha value is -2.19. The number of hydrogen-bond donors (Lipinski definition) is 1. The van der Waals surface area contributed by atoms with Crippen LogP contribution in [0.4, 0.5) is 4.79 Å². The molecule has 2 aromatic rings. The zero-order chi connectivity index (χ0) is 20.5. The SMILES string of the molecule is CCc1cncc2cccc(S(=O)(=O)N3CC[C@H](NC(=O)OC(C)(C)C)C3)c12. The molecule has 1 fully saturated rings. The van der Waals surface area contributed by atoms with Gasteiger partial charge in [0.1, 0.15) is 5.60 Å². The third-order valence-corrected chi connectivity index (χ3v) is 6.60. The van der Waals surface area contributed by atoms with E-state index in [0.717, 1.165) is 16.3 Å². The van der Waals surface area contributed by atoms with E-state index in [1.165, 1.54) is 4.31 Å². The molecule has 8 heteroatoms. The lowest BCUT2D eigenvalue weighted by atomic mass is 10.1. The van der Waals surface area contributed by atoms with E-state index in [9.17, 15) is 13.2 Å². The minimum Gasteiger partial charge on any atom is -0.444 e. The van der Waals surface area contributed by atoms with Crippen LogP contribution in [-0.2, 0) is 21.2 Å². The molecular weight excluding hydrogens is 378 g/mol. The van der Waals surface area contributed by atoms with Crippen molar-refractivity contribution >= 4 is 26.9 Å². The quantitative estimate of drug-likeness (QED) is 0.844. The Morgan fingerprint density at radius 2 is 2.07 bits per heavy atom. The lowest BCUT2D eigenvalue weighted by Gasteiger charge is -2.22. The Morgan fingerprint density at radius 3 is 2.75 bits per heavy atom. The number of amides is 1. The summed E-state index contributed by atoms with van der Waals surface area (Å²) in [5, 5.41) is 4.31. The second-order valence-electron chi connectivity index (χ2n) is 8.00. The Kier molecular flexibility index (Phi) is 5.63. The first kappa shape index (κ1) is 20.5. The largest absolute Gasteiger partial charge is 0.444 e. The fraction of sp³-hybridized carbons (Fsp3) is 0.500.